The van der Waals surface area contributed by atoms with Crippen molar-refractivity contribution in [3.8, 4) is 5.75 Å². The van der Waals surface area contributed by atoms with E-state index < -0.39 is 0 Å². The molecule has 1 heterocycles. The summed E-state index contributed by atoms with van der Waals surface area (Å²) in [7, 11) is 0. The minimum Gasteiger partial charge on any atom is -0.488 e. The molecule has 0 saturated heterocycles. The SMILES string of the molecule is Brc1cc(CNC2CC2)ccc1OCc1ccsc1. The third-order valence-corrected chi connectivity index (χ3v) is 4.49. The Morgan fingerprint density at radius 2 is 2.16 bits per heavy atom. The number of thiophene rings is 1. The van der Waals surface area contributed by atoms with Gasteiger partial charge < -0.3 is 10.1 Å². The van der Waals surface area contributed by atoms with Gasteiger partial charge in [-0.25, -0.2) is 0 Å². The molecule has 4 heteroatoms. The van der Waals surface area contributed by atoms with Crippen LogP contribution in [-0.4, -0.2) is 6.04 Å². The van der Waals surface area contributed by atoms with E-state index in [0.717, 1.165) is 22.8 Å². The molecule has 0 unspecified atom stereocenters. The van der Waals surface area contributed by atoms with E-state index in [0.29, 0.717) is 6.61 Å². The van der Waals surface area contributed by atoms with Crippen molar-refractivity contribution in [3.63, 3.8) is 0 Å². The number of halogens is 1. The van der Waals surface area contributed by atoms with Gasteiger partial charge in [-0.2, -0.15) is 11.3 Å². The number of rotatable bonds is 6. The van der Waals surface area contributed by atoms with Gasteiger partial charge in [0.15, 0.2) is 0 Å². The first-order valence-electron chi connectivity index (χ1n) is 6.47. The Balaban J connectivity index is 1.58. The molecule has 0 radical (unpaired) electrons. The zero-order valence-electron chi connectivity index (χ0n) is 10.6. The van der Waals surface area contributed by atoms with Crippen molar-refractivity contribution in [1.82, 2.24) is 5.32 Å². The average Bonchev–Trinajstić information content (AvgIpc) is 3.10. The van der Waals surface area contributed by atoms with Crippen LogP contribution in [-0.2, 0) is 13.2 Å². The topological polar surface area (TPSA) is 21.3 Å². The predicted octanol–water partition coefficient (Wildman–Crippen LogP) is 4.34. The van der Waals surface area contributed by atoms with Gasteiger partial charge in [0.1, 0.15) is 12.4 Å². The number of benzene rings is 1. The molecule has 19 heavy (non-hydrogen) atoms. The second-order valence-corrected chi connectivity index (χ2v) is 6.47. The van der Waals surface area contributed by atoms with Crippen LogP contribution in [0.1, 0.15) is 24.0 Å². The lowest BCUT2D eigenvalue weighted by molar-refractivity contribution is 0.304. The molecule has 1 saturated carbocycles. The lowest BCUT2D eigenvalue weighted by Gasteiger charge is -2.09. The van der Waals surface area contributed by atoms with Gasteiger partial charge in [0.25, 0.3) is 0 Å². The summed E-state index contributed by atoms with van der Waals surface area (Å²) < 4.78 is 6.84. The molecule has 1 fully saturated rings. The summed E-state index contributed by atoms with van der Waals surface area (Å²) in [6.45, 7) is 1.57. The molecule has 0 amide bonds. The Morgan fingerprint density at radius 3 is 2.84 bits per heavy atom. The van der Waals surface area contributed by atoms with Crippen molar-refractivity contribution in [2.75, 3.05) is 0 Å². The Morgan fingerprint density at radius 1 is 1.26 bits per heavy atom. The third kappa shape index (κ3) is 3.81. The van der Waals surface area contributed by atoms with Crippen molar-refractivity contribution in [2.45, 2.75) is 32.0 Å². The first-order valence-corrected chi connectivity index (χ1v) is 8.20. The van der Waals surface area contributed by atoms with E-state index in [9.17, 15) is 0 Å². The van der Waals surface area contributed by atoms with Gasteiger partial charge in [0, 0.05) is 12.6 Å². The van der Waals surface area contributed by atoms with Gasteiger partial charge >= 0.3 is 0 Å². The highest BCUT2D eigenvalue weighted by Gasteiger charge is 2.19. The minimum atomic E-state index is 0.627. The largest absolute Gasteiger partial charge is 0.488 e. The van der Waals surface area contributed by atoms with Crippen LogP contribution in [0.4, 0.5) is 0 Å². The minimum absolute atomic E-state index is 0.627. The van der Waals surface area contributed by atoms with E-state index in [4.69, 9.17) is 4.74 Å². The Labute approximate surface area is 125 Å². The fourth-order valence-electron chi connectivity index (χ4n) is 1.86. The normalized spacial score (nSPS) is 14.6. The molecule has 0 spiro atoms. The molecule has 1 aliphatic carbocycles. The zero-order chi connectivity index (χ0) is 13.1. The van der Waals surface area contributed by atoms with Crippen LogP contribution >= 0.6 is 27.3 Å². The number of nitrogens with one attached hydrogen (secondary N) is 1. The molecule has 3 rings (SSSR count). The molecule has 0 atom stereocenters. The van der Waals surface area contributed by atoms with Crippen molar-refractivity contribution in [3.05, 3.63) is 50.6 Å². The van der Waals surface area contributed by atoms with E-state index in [1.165, 1.54) is 24.0 Å². The summed E-state index contributed by atoms with van der Waals surface area (Å²) in [6, 6.07) is 9.14. The molecule has 1 aliphatic rings. The maximum atomic E-state index is 5.81. The summed E-state index contributed by atoms with van der Waals surface area (Å²) in [5.41, 5.74) is 2.51. The van der Waals surface area contributed by atoms with Crippen LogP contribution in [0.2, 0.25) is 0 Å². The highest BCUT2D eigenvalue weighted by atomic mass is 79.9. The van der Waals surface area contributed by atoms with Crippen molar-refractivity contribution in [1.29, 1.82) is 0 Å². The van der Waals surface area contributed by atoms with Gasteiger partial charge in [-0.15, -0.1) is 0 Å². The van der Waals surface area contributed by atoms with Crippen LogP contribution in [0.3, 0.4) is 0 Å². The quantitative estimate of drug-likeness (QED) is 0.846. The maximum absolute atomic E-state index is 5.81. The Hall–Kier alpha value is -0.840. The predicted molar refractivity (Wildman–Crippen MR) is 82.7 cm³/mol. The van der Waals surface area contributed by atoms with Gasteiger partial charge in [-0.1, -0.05) is 6.07 Å². The fraction of sp³-hybridized carbons (Fsp3) is 0.333. The lowest BCUT2D eigenvalue weighted by Crippen LogP contribution is -2.15. The van der Waals surface area contributed by atoms with E-state index in [-0.39, 0.29) is 0 Å². The molecule has 1 N–H and O–H groups in total. The van der Waals surface area contributed by atoms with Gasteiger partial charge in [-0.05, 0) is 68.9 Å². The van der Waals surface area contributed by atoms with E-state index in [1.54, 1.807) is 11.3 Å². The number of hydrogen-bond acceptors (Lipinski definition) is 3. The summed E-state index contributed by atoms with van der Waals surface area (Å²) in [4.78, 5) is 0. The molecular weight excluding hydrogens is 322 g/mol. The molecule has 2 aromatic rings. The molecule has 1 aromatic carbocycles. The van der Waals surface area contributed by atoms with Crippen LogP contribution in [0.15, 0.2) is 39.5 Å². The Kier molecular flexibility index (Phi) is 4.21. The second-order valence-electron chi connectivity index (χ2n) is 4.84. The smallest absolute Gasteiger partial charge is 0.134 e. The van der Waals surface area contributed by atoms with Crippen LogP contribution < -0.4 is 10.1 Å². The number of hydrogen-bond donors (Lipinski definition) is 1. The molecule has 0 bridgehead atoms. The van der Waals surface area contributed by atoms with Crippen LogP contribution in [0, 0.1) is 0 Å². The van der Waals surface area contributed by atoms with E-state index in [2.05, 4.69) is 50.2 Å². The summed E-state index contributed by atoms with van der Waals surface area (Å²) >= 11 is 5.28. The molecule has 100 valence electrons. The number of ether oxygens (including phenoxy) is 1. The molecule has 1 aromatic heterocycles. The third-order valence-electron chi connectivity index (χ3n) is 3.14. The molecular formula is C15H16BrNOS. The van der Waals surface area contributed by atoms with E-state index in [1.807, 2.05) is 6.07 Å². The van der Waals surface area contributed by atoms with Gasteiger partial charge in [0.05, 0.1) is 4.47 Å². The van der Waals surface area contributed by atoms with Gasteiger partial charge in [-0.3, -0.25) is 0 Å². The fourth-order valence-corrected chi connectivity index (χ4v) is 3.05. The molecule has 0 aliphatic heterocycles. The highest BCUT2D eigenvalue weighted by molar-refractivity contribution is 9.10. The average molecular weight is 338 g/mol. The van der Waals surface area contributed by atoms with Gasteiger partial charge in [0.2, 0.25) is 0 Å². The zero-order valence-corrected chi connectivity index (χ0v) is 13.0. The maximum Gasteiger partial charge on any atom is 0.134 e. The van der Waals surface area contributed by atoms with Crippen LogP contribution in [0.25, 0.3) is 0 Å². The van der Waals surface area contributed by atoms with Crippen molar-refractivity contribution < 1.29 is 4.74 Å². The van der Waals surface area contributed by atoms with Crippen LogP contribution in [0.5, 0.6) is 5.75 Å². The first-order chi connectivity index (χ1) is 9.31. The summed E-state index contributed by atoms with van der Waals surface area (Å²) in [6.07, 6.45) is 2.64. The highest BCUT2D eigenvalue weighted by Crippen LogP contribution is 2.27. The summed E-state index contributed by atoms with van der Waals surface area (Å²) in [5.74, 6) is 0.904. The standard InChI is InChI=1S/C15H16BrNOS/c16-14-7-11(8-17-13-2-3-13)1-4-15(14)18-9-12-5-6-19-10-12/h1,4-7,10,13,17H,2-3,8-9H2. The van der Waals surface area contributed by atoms with Crippen molar-refractivity contribution >= 4 is 27.3 Å². The van der Waals surface area contributed by atoms with Crippen molar-refractivity contribution in [2.24, 2.45) is 0 Å². The lowest BCUT2D eigenvalue weighted by atomic mass is 10.2. The van der Waals surface area contributed by atoms with E-state index >= 15 is 0 Å². The Bertz CT molecular complexity index is 537. The first kappa shape index (κ1) is 13.2. The monoisotopic (exact) mass is 337 g/mol. The summed E-state index contributed by atoms with van der Waals surface area (Å²) in [5, 5.41) is 7.70. The molecule has 2 nitrogen and oxygen atoms in total. The second kappa shape index (κ2) is 6.07.